The first kappa shape index (κ1) is 11.6. The maximum Gasteiger partial charge on any atom is 0.332 e. The molecule has 0 saturated carbocycles. The molecule has 4 nitrogen and oxygen atoms in total. The van der Waals surface area contributed by atoms with Crippen molar-refractivity contribution in [1.29, 1.82) is 0 Å². The third-order valence-electron chi connectivity index (χ3n) is 1.60. The Kier molecular flexibility index (Phi) is 4.23. The molecule has 0 atom stereocenters. The number of nitrogens with one attached hydrogen (secondary N) is 1. The van der Waals surface area contributed by atoms with Gasteiger partial charge in [0.15, 0.2) is 0 Å². The number of carbonyl (C=O) groups is 1. The molecule has 0 aliphatic rings. The van der Waals surface area contributed by atoms with E-state index in [1.807, 2.05) is 5.43 Å². The van der Waals surface area contributed by atoms with Crippen LogP contribution in [0.15, 0.2) is 23.3 Å². The molecule has 0 heterocycles. The molecular formula is C9H9BrFN3O. The number of hydrogen-bond donors (Lipinski definition) is 2. The number of hydrazone groups is 1. The predicted molar refractivity (Wildman–Crippen MR) is 59.3 cm³/mol. The molecule has 3 N–H and O–H groups in total. The summed E-state index contributed by atoms with van der Waals surface area (Å²) >= 11 is 3.16. The molecule has 15 heavy (non-hydrogen) atoms. The Morgan fingerprint density at radius 3 is 3.00 bits per heavy atom. The van der Waals surface area contributed by atoms with Crippen molar-refractivity contribution in [3.63, 3.8) is 0 Å². The molecule has 1 rings (SSSR count). The summed E-state index contributed by atoms with van der Waals surface area (Å²) in [5.74, 6) is -0.285. The molecule has 80 valence electrons. The number of rotatable bonds is 3. The van der Waals surface area contributed by atoms with Gasteiger partial charge in [0, 0.05) is 5.33 Å². The number of alkyl halides is 1. The molecule has 0 aromatic heterocycles. The van der Waals surface area contributed by atoms with E-state index >= 15 is 0 Å². The van der Waals surface area contributed by atoms with Gasteiger partial charge in [-0.25, -0.2) is 14.6 Å². The van der Waals surface area contributed by atoms with Crippen LogP contribution in [0.25, 0.3) is 0 Å². The molecule has 1 aromatic carbocycles. The van der Waals surface area contributed by atoms with Gasteiger partial charge < -0.3 is 5.73 Å². The number of halogens is 2. The second-order valence-electron chi connectivity index (χ2n) is 2.72. The van der Waals surface area contributed by atoms with E-state index in [1.54, 1.807) is 12.1 Å². The van der Waals surface area contributed by atoms with Crippen LogP contribution < -0.4 is 11.2 Å². The lowest BCUT2D eigenvalue weighted by Crippen LogP contribution is -2.24. The summed E-state index contributed by atoms with van der Waals surface area (Å²) in [5.41, 5.74) is 8.06. The standard InChI is InChI=1S/C9H9BrFN3O/c10-4-7-3-6(1-2-8(7)11)5-13-14-9(12)15/h1-3,5H,4H2,(H3,12,14,15). The van der Waals surface area contributed by atoms with E-state index < -0.39 is 6.03 Å². The van der Waals surface area contributed by atoms with Crippen LogP contribution >= 0.6 is 15.9 Å². The van der Waals surface area contributed by atoms with Crippen LogP contribution in [-0.4, -0.2) is 12.2 Å². The Balaban J connectivity index is 2.78. The van der Waals surface area contributed by atoms with Crippen molar-refractivity contribution in [1.82, 2.24) is 5.43 Å². The SMILES string of the molecule is NC(=O)NN=Cc1ccc(F)c(CBr)c1. The number of nitrogens with two attached hydrogens (primary N) is 1. The molecule has 0 saturated heterocycles. The van der Waals surface area contributed by atoms with Crippen LogP contribution in [-0.2, 0) is 5.33 Å². The summed E-state index contributed by atoms with van der Waals surface area (Å²) in [4.78, 5) is 10.3. The largest absolute Gasteiger partial charge is 0.350 e. The average molecular weight is 274 g/mol. The zero-order valence-electron chi connectivity index (χ0n) is 7.71. The first-order chi connectivity index (χ1) is 7.13. The van der Waals surface area contributed by atoms with Crippen LogP contribution in [0.5, 0.6) is 0 Å². The van der Waals surface area contributed by atoms with Gasteiger partial charge in [-0.05, 0) is 23.3 Å². The monoisotopic (exact) mass is 273 g/mol. The average Bonchev–Trinajstić information content (AvgIpc) is 2.20. The normalized spacial score (nSPS) is 10.5. The highest BCUT2D eigenvalue weighted by Gasteiger charge is 2.00. The molecule has 0 unspecified atom stereocenters. The van der Waals surface area contributed by atoms with Crippen LogP contribution in [0.4, 0.5) is 9.18 Å². The molecule has 0 aliphatic heterocycles. The molecule has 6 heteroatoms. The summed E-state index contributed by atoms with van der Waals surface area (Å²) in [6, 6.07) is 3.76. The molecule has 0 radical (unpaired) electrons. The van der Waals surface area contributed by atoms with Crippen molar-refractivity contribution in [2.75, 3.05) is 0 Å². The Bertz CT molecular complexity index is 395. The van der Waals surface area contributed by atoms with Crippen molar-refractivity contribution < 1.29 is 9.18 Å². The molecule has 0 aliphatic carbocycles. The van der Waals surface area contributed by atoms with Gasteiger partial charge in [0.1, 0.15) is 5.82 Å². The van der Waals surface area contributed by atoms with E-state index in [2.05, 4.69) is 21.0 Å². The molecule has 0 fully saturated rings. The minimum atomic E-state index is -0.742. The summed E-state index contributed by atoms with van der Waals surface area (Å²) < 4.78 is 13.1. The number of benzene rings is 1. The predicted octanol–water partition coefficient (Wildman–Crippen LogP) is 1.72. The Morgan fingerprint density at radius 1 is 1.67 bits per heavy atom. The number of hydrogen-bond acceptors (Lipinski definition) is 2. The van der Waals surface area contributed by atoms with E-state index in [1.165, 1.54) is 12.3 Å². The number of amides is 2. The summed E-state index contributed by atoms with van der Waals surface area (Å²) in [5, 5.41) is 3.98. The minimum absolute atomic E-state index is 0.285. The maximum absolute atomic E-state index is 13.1. The number of urea groups is 1. The number of primary amides is 1. The van der Waals surface area contributed by atoms with Crippen molar-refractivity contribution in [3.05, 3.63) is 35.1 Å². The van der Waals surface area contributed by atoms with Crippen LogP contribution in [0.2, 0.25) is 0 Å². The first-order valence-electron chi connectivity index (χ1n) is 4.06. The first-order valence-corrected chi connectivity index (χ1v) is 5.18. The van der Waals surface area contributed by atoms with Crippen molar-refractivity contribution in [2.45, 2.75) is 5.33 Å². The van der Waals surface area contributed by atoms with Gasteiger partial charge in [-0.3, -0.25) is 0 Å². The minimum Gasteiger partial charge on any atom is -0.350 e. The molecule has 0 bridgehead atoms. The third-order valence-corrected chi connectivity index (χ3v) is 2.21. The zero-order valence-corrected chi connectivity index (χ0v) is 9.29. The van der Waals surface area contributed by atoms with Crippen molar-refractivity contribution in [3.8, 4) is 0 Å². The lowest BCUT2D eigenvalue weighted by molar-refractivity contribution is 0.249. The summed E-state index contributed by atoms with van der Waals surface area (Å²) in [6.45, 7) is 0. The van der Waals surface area contributed by atoms with E-state index in [0.29, 0.717) is 16.5 Å². The fourth-order valence-electron chi connectivity index (χ4n) is 0.948. The fourth-order valence-corrected chi connectivity index (χ4v) is 1.38. The lowest BCUT2D eigenvalue weighted by Gasteiger charge is -1.99. The van der Waals surface area contributed by atoms with Crippen LogP contribution in [0.3, 0.4) is 0 Å². The van der Waals surface area contributed by atoms with Gasteiger partial charge in [0.05, 0.1) is 6.21 Å². The highest BCUT2D eigenvalue weighted by Crippen LogP contribution is 2.12. The number of nitrogens with zero attached hydrogens (tertiary/aromatic N) is 1. The molecule has 0 spiro atoms. The topological polar surface area (TPSA) is 67.5 Å². The highest BCUT2D eigenvalue weighted by atomic mass is 79.9. The smallest absolute Gasteiger partial charge is 0.332 e. The Morgan fingerprint density at radius 2 is 2.40 bits per heavy atom. The second kappa shape index (κ2) is 5.45. The molecule has 1 aromatic rings. The van der Waals surface area contributed by atoms with Crippen LogP contribution in [0, 0.1) is 5.82 Å². The fraction of sp³-hybridized carbons (Fsp3) is 0.111. The van der Waals surface area contributed by atoms with E-state index in [-0.39, 0.29) is 5.82 Å². The second-order valence-corrected chi connectivity index (χ2v) is 3.28. The van der Waals surface area contributed by atoms with Gasteiger partial charge in [-0.2, -0.15) is 5.10 Å². The summed E-state index contributed by atoms with van der Waals surface area (Å²) in [7, 11) is 0. The Labute approximate surface area is 94.5 Å². The quantitative estimate of drug-likeness (QED) is 0.492. The molecule has 2 amide bonds. The maximum atomic E-state index is 13.1. The van der Waals surface area contributed by atoms with Gasteiger partial charge in [-0.1, -0.05) is 22.0 Å². The summed E-state index contributed by atoms with van der Waals surface area (Å²) in [6.07, 6.45) is 1.39. The van der Waals surface area contributed by atoms with Gasteiger partial charge in [0.2, 0.25) is 0 Å². The third kappa shape index (κ3) is 3.67. The van der Waals surface area contributed by atoms with Crippen molar-refractivity contribution >= 4 is 28.2 Å². The van der Waals surface area contributed by atoms with Crippen LogP contribution in [0.1, 0.15) is 11.1 Å². The Hall–Kier alpha value is -1.43. The van der Waals surface area contributed by atoms with E-state index in [4.69, 9.17) is 5.73 Å². The van der Waals surface area contributed by atoms with E-state index in [9.17, 15) is 9.18 Å². The van der Waals surface area contributed by atoms with Gasteiger partial charge >= 0.3 is 6.03 Å². The lowest BCUT2D eigenvalue weighted by atomic mass is 10.1. The van der Waals surface area contributed by atoms with Gasteiger partial charge in [0.25, 0.3) is 0 Å². The molecular weight excluding hydrogens is 265 g/mol. The van der Waals surface area contributed by atoms with Crippen molar-refractivity contribution in [2.24, 2.45) is 10.8 Å². The van der Waals surface area contributed by atoms with Gasteiger partial charge in [-0.15, -0.1) is 0 Å². The highest BCUT2D eigenvalue weighted by molar-refractivity contribution is 9.08. The number of carbonyl (C=O) groups excluding carboxylic acids is 1. The zero-order chi connectivity index (χ0) is 11.3. The van der Waals surface area contributed by atoms with E-state index in [0.717, 1.165) is 0 Å².